The van der Waals surface area contributed by atoms with Gasteiger partial charge < -0.3 is 66.8 Å². The van der Waals surface area contributed by atoms with Crippen LogP contribution in [-0.4, -0.2) is 180 Å². The number of likely N-dealkylation sites (N-methyl/N-ethyl adjacent to an activating group) is 1. The Morgan fingerprint density at radius 1 is 0.571 bits per heavy atom. The maximum atomic E-state index is 13.4. The van der Waals surface area contributed by atoms with Crippen LogP contribution in [0, 0.1) is 0 Å². The van der Waals surface area contributed by atoms with Crippen LogP contribution in [0.3, 0.4) is 0 Å². The number of aliphatic hydroxyl groups excluding tert-OH is 1. The Kier molecular flexibility index (Phi) is 41.9. The van der Waals surface area contributed by atoms with Crippen molar-refractivity contribution in [1.29, 1.82) is 0 Å². The number of nitrogens with two attached hydrogens (primary N) is 1. The monoisotopic (exact) mass is 1090 g/mol. The minimum Gasteiger partial charge on any atom is -0.480 e. The lowest BCUT2D eigenvalue weighted by Gasteiger charge is -2.29. The Morgan fingerprint density at radius 2 is 1.09 bits per heavy atom. The number of carboxylic acids is 1. The summed E-state index contributed by atoms with van der Waals surface area (Å²) in [5.74, 6) is -3.80. The third-order valence-electron chi connectivity index (χ3n) is 12.9. The van der Waals surface area contributed by atoms with Gasteiger partial charge in [0, 0.05) is 32.5 Å². The molecule has 0 aliphatic rings. The molecule has 1 aromatic rings. The lowest BCUT2D eigenvalue weighted by molar-refractivity contribution is -0.142. The molecular weight excluding hydrogens is 997 g/mol. The molecule has 0 radical (unpaired) electrons. The molecule has 22 heteroatoms. The van der Waals surface area contributed by atoms with E-state index in [1.807, 2.05) is 30.3 Å². The van der Waals surface area contributed by atoms with Crippen molar-refractivity contribution in [2.24, 2.45) is 5.73 Å². The smallest absolute Gasteiger partial charge is 0.326 e. The molecule has 0 aliphatic heterocycles. The molecule has 0 aromatic heterocycles. The highest BCUT2D eigenvalue weighted by atomic mass is 16.5. The number of ether oxygens (including phenoxy) is 4. The number of carbonyl (C=O) groups excluding carboxylic acids is 7. The molecule has 1 rings (SSSR count). The number of aliphatic hydroxyl groups is 1. The van der Waals surface area contributed by atoms with E-state index in [2.05, 4.69) is 44.1 Å². The van der Waals surface area contributed by atoms with Crippen molar-refractivity contribution >= 4 is 47.1 Å². The first-order valence-electron chi connectivity index (χ1n) is 27.9. The summed E-state index contributed by atoms with van der Waals surface area (Å²) in [5, 5.41) is 38.5. The van der Waals surface area contributed by atoms with Gasteiger partial charge in [-0.2, -0.15) is 0 Å². The van der Waals surface area contributed by atoms with Gasteiger partial charge in [-0.15, -0.1) is 0 Å². The van der Waals surface area contributed by atoms with Crippen molar-refractivity contribution < 1.29 is 67.5 Å². The second-order valence-corrected chi connectivity index (χ2v) is 19.5. The van der Waals surface area contributed by atoms with Gasteiger partial charge in [-0.05, 0) is 58.1 Å². The number of primary amides is 1. The summed E-state index contributed by atoms with van der Waals surface area (Å²) >= 11 is 0. The summed E-state index contributed by atoms with van der Waals surface area (Å²) in [5.41, 5.74) is 5.36. The Labute approximate surface area is 457 Å². The minimum atomic E-state index is -1.18. The number of carboxylic acid groups (broad SMARTS) is 1. The number of carbonyl (C=O) groups is 8. The van der Waals surface area contributed by atoms with Gasteiger partial charge in [0.15, 0.2) is 11.6 Å². The van der Waals surface area contributed by atoms with Gasteiger partial charge in [0.1, 0.15) is 25.3 Å². The zero-order chi connectivity index (χ0) is 56.8. The first kappa shape index (κ1) is 70.1. The number of hydrogen-bond donors (Lipinski definition) is 10. The van der Waals surface area contributed by atoms with Crippen LogP contribution in [0.25, 0.3) is 0 Å². The van der Waals surface area contributed by atoms with Crippen molar-refractivity contribution in [3.8, 4) is 0 Å². The summed E-state index contributed by atoms with van der Waals surface area (Å²) in [6, 6.07) is 6.58. The van der Waals surface area contributed by atoms with E-state index in [4.69, 9.17) is 24.7 Å². The Balaban J connectivity index is 2.12. The Hall–Kier alpha value is -4.94. The molecule has 0 saturated heterocycles. The number of benzene rings is 1. The molecule has 0 bridgehead atoms. The summed E-state index contributed by atoms with van der Waals surface area (Å²) in [7, 11) is 1.71. The molecule has 0 heterocycles. The summed E-state index contributed by atoms with van der Waals surface area (Å²) in [6.45, 7) is 4.52. The van der Waals surface area contributed by atoms with Gasteiger partial charge in [-0.25, -0.2) is 4.79 Å². The molecule has 0 fully saturated rings. The summed E-state index contributed by atoms with van der Waals surface area (Å²) < 4.78 is 21.6. The fourth-order valence-electron chi connectivity index (χ4n) is 8.01. The molecule has 1 unspecified atom stereocenters. The van der Waals surface area contributed by atoms with Crippen molar-refractivity contribution in [3.05, 3.63) is 35.9 Å². The Bertz CT molecular complexity index is 1800. The maximum absolute atomic E-state index is 13.4. The zero-order valence-corrected chi connectivity index (χ0v) is 46.5. The molecule has 77 heavy (non-hydrogen) atoms. The van der Waals surface area contributed by atoms with E-state index in [9.17, 15) is 48.6 Å². The number of ketones is 2. The highest BCUT2D eigenvalue weighted by Gasteiger charge is 2.32. The van der Waals surface area contributed by atoms with E-state index in [1.54, 1.807) is 14.0 Å². The van der Waals surface area contributed by atoms with E-state index < -0.39 is 42.1 Å². The van der Waals surface area contributed by atoms with Gasteiger partial charge in [0.05, 0.1) is 70.9 Å². The largest absolute Gasteiger partial charge is 0.480 e. The second kappa shape index (κ2) is 46.0. The van der Waals surface area contributed by atoms with Gasteiger partial charge >= 0.3 is 5.97 Å². The van der Waals surface area contributed by atoms with Gasteiger partial charge in [-0.1, -0.05) is 114 Å². The van der Waals surface area contributed by atoms with E-state index in [0.717, 1.165) is 24.8 Å². The molecule has 11 N–H and O–H groups in total. The van der Waals surface area contributed by atoms with Gasteiger partial charge in [0.25, 0.3) is 0 Å². The molecule has 1 aromatic carbocycles. The number of unbranched alkanes of at least 4 members (excludes halogenated alkanes) is 13. The maximum Gasteiger partial charge on any atom is 0.326 e. The average molecular weight is 1090 g/mol. The fourth-order valence-corrected chi connectivity index (χ4v) is 8.01. The van der Waals surface area contributed by atoms with Crippen molar-refractivity contribution in [1.82, 2.24) is 37.2 Å². The van der Waals surface area contributed by atoms with Crippen LogP contribution in [0.5, 0.6) is 0 Å². The standard InChI is InChI=1S/C55H96N8O14/c1-4-5-6-7-8-9-10-11-12-13-14-15-19-25-50(68)63-45(54(72)73)26-27-49(67)59-29-31-74-33-36-77-42-52(70)60-30-32-75-34-35-76-41-51(69)58-28-21-20-24-44(47(65)38-61-46(40-64)53(56)71)62-39-48(66)55(2,57-3)37-43-22-17-16-18-23-43/h16-18,22-23,44-46,57,61-62,64H,4-15,19-21,24-42H2,1-3H3,(H2,56,71)(H,58,69)(H,59,67)(H,60,70)(H,63,68)(H,72,73)/t44-,45?,46-,55-/m0/s1. The van der Waals surface area contributed by atoms with E-state index >= 15 is 0 Å². The second-order valence-electron chi connectivity index (χ2n) is 19.5. The van der Waals surface area contributed by atoms with Crippen LogP contribution < -0.4 is 43.0 Å². The predicted molar refractivity (Wildman–Crippen MR) is 293 cm³/mol. The van der Waals surface area contributed by atoms with E-state index in [1.165, 1.54) is 57.8 Å². The van der Waals surface area contributed by atoms with E-state index in [0.29, 0.717) is 38.6 Å². The van der Waals surface area contributed by atoms with E-state index in [-0.39, 0.29) is 133 Å². The number of nitrogens with one attached hydrogen (secondary N) is 7. The SMILES string of the molecule is CCCCCCCCCCCCCCCC(=O)NC(CCC(=O)NCCOCCOCC(=O)NCCOCCOCC(=O)NCCCC[C@H](NCC(=O)[C@](C)(Cc1ccccc1)NC)C(=O)CN[C@@H](CO)C(N)=O)C(=O)O. The van der Waals surface area contributed by atoms with Crippen LogP contribution in [-0.2, 0) is 63.7 Å². The van der Waals surface area contributed by atoms with Gasteiger partial charge in [0.2, 0.25) is 29.5 Å². The van der Waals surface area contributed by atoms with Crippen LogP contribution >= 0.6 is 0 Å². The number of rotatable bonds is 53. The molecule has 5 amide bonds. The summed E-state index contributed by atoms with van der Waals surface area (Å²) in [6.07, 6.45) is 17.5. The summed E-state index contributed by atoms with van der Waals surface area (Å²) in [4.78, 5) is 98.8. The highest BCUT2D eigenvalue weighted by Crippen LogP contribution is 2.16. The molecule has 0 saturated carbocycles. The number of hydrogen-bond acceptors (Lipinski definition) is 16. The Morgan fingerprint density at radius 3 is 1.62 bits per heavy atom. The topological polar surface area (TPSA) is 324 Å². The predicted octanol–water partition coefficient (Wildman–Crippen LogP) is 2.16. The first-order valence-corrected chi connectivity index (χ1v) is 27.9. The lowest BCUT2D eigenvalue weighted by Crippen LogP contribution is -2.55. The van der Waals surface area contributed by atoms with Gasteiger partial charge in [-0.3, -0.25) is 38.9 Å². The third-order valence-corrected chi connectivity index (χ3v) is 12.9. The van der Waals surface area contributed by atoms with Crippen molar-refractivity contribution in [2.75, 3.05) is 99.2 Å². The molecule has 0 spiro atoms. The van der Waals surface area contributed by atoms with Crippen LogP contribution in [0.15, 0.2) is 30.3 Å². The van der Waals surface area contributed by atoms with Crippen LogP contribution in [0.4, 0.5) is 0 Å². The molecule has 22 nitrogen and oxygen atoms in total. The van der Waals surface area contributed by atoms with Crippen LogP contribution in [0.1, 0.15) is 141 Å². The van der Waals surface area contributed by atoms with Crippen LogP contribution in [0.2, 0.25) is 0 Å². The van der Waals surface area contributed by atoms with Crippen molar-refractivity contribution in [2.45, 2.75) is 166 Å². The molecule has 440 valence electrons. The molecule has 4 atom stereocenters. The fraction of sp³-hybridized carbons (Fsp3) is 0.745. The minimum absolute atomic E-state index is 0.0273. The normalized spacial score (nSPS) is 13.2. The quantitative estimate of drug-likeness (QED) is 0.0418. The number of Topliss-reactive ketones (excluding diaryl/α,β-unsaturated/α-hetero) is 2. The average Bonchev–Trinajstić information content (AvgIpc) is 3.41. The third kappa shape index (κ3) is 37.5. The zero-order valence-electron chi connectivity index (χ0n) is 46.5. The first-order chi connectivity index (χ1) is 37.1. The highest BCUT2D eigenvalue weighted by molar-refractivity contribution is 5.92. The molecular formula is C55H96N8O14. The number of aliphatic carboxylic acids is 1. The van der Waals surface area contributed by atoms with Crippen molar-refractivity contribution in [3.63, 3.8) is 0 Å². The lowest BCUT2D eigenvalue weighted by atomic mass is 9.88. The molecule has 0 aliphatic carbocycles. The number of amides is 5.